The second kappa shape index (κ2) is 7.60. The van der Waals surface area contributed by atoms with E-state index < -0.39 is 0 Å². The summed E-state index contributed by atoms with van der Waals surface area (Å²) in [6.45, 7) is 8.69. The Hall–Kier alpha value is -1.60. The number of carbonyl (C=O) groups excluding carboxylic acids is 1. The smallest absolute Gasteiger partial charge is 0.237 e. The molecular formula is C15H20N4OS2. The lowest BCUT2D eigenvalue weighted by Crippen LogP contribution is -2.22. The summed E-state index contributed by atoms with van der Waals surface area (Å²) < 4.78 is 0.791. The first-order chi connectivity index (χ1) is 10.5. The van der Waals surface area contributed by atoms with E-state index in [1.165, 1.54) is 23.1 Å². The van der Waals surface area contributed by atoms with Crippen LogP contribution in [0.15, 0.2) is 22.5 Å². The quantitative estimate of drug-likeness (QED) is 0.787. The van der Waals surface area contributed by atoms with Gasteiger partial charge in [0.1, 0.15) is 0 Å². The molecule has 0 aliphatic rings. The molecule has 1 aromatic heterocycles. The van der Waals surface area contributed by atoms with Crippen molar-refractivity contribution in [2.24, 2.45) is 0 Å². The Morgan fingerprint density at radius 2 is 2.14 bits per heavy atom. The summed E-state index contributed by atoms with van der Waals surface area (Å²) in [7, 11) is 0. The lowest BCUT2D eigenvalue weighted by Gasteiger charge is -2.12. The third-order valence-corrected chi connectivity index (χ3v) is 5.10. The predicted octanol–water partition coefficient (Wildman–Crippen LogP) is 3.71. The van der Waals surface area contributed by atoms with Crippen LogP contribution in [0.5, 0.6) is 0 Å². The molecule has 1 atom stereocenters. The summed E-state index contributed by atoms with van der Waals surface area (Å²) in [5.41, 5.74) is 3.05. The van der Waals surface area contributed by atoms with E-state index in [1.807, 2.05) is 45.9 Å². The summed E-state index contributed by atoms with van der Waals surface area (Å²) >= 11 is 2.89. The standard InChI is InChI=1S/C15H20N4OS2/c1-5-16-14-18-19-15(22-14)21-11(4)13(20)17-12-8-9(2)6-7-10(12)3/h6-8,11H,5H2,1-4H3,(H,16,18)(H,17,20)/t11-/m0/s1. The zero-order valence-electron chi connectivity index (χ0n) is 13.1. The monoisotopic (exact) mass is 336 g/mol. The first-order valence-corrected chi connectivity index (χ1v) is 8.81. The van der Waals surface area contributed by atoms with Gasteiger partial charge in [0.05, 0.1) is 5.25 Å². The number of hydrogen-bond acceptors (Lipinski definition) is 6. The normalized spacial score (nSPS) is 12.0. The highest BCUT2D eigenvalue weighted by Gasteiger charge is 2.18. The van der Waals surface area contributed by atoms with Crippen molar-refractivity contribution in [2.75, 3.05) is 17.2 Å². The van der Waals surface area contributed by atoms with Crippen LogP contribution in [0, 0.1) is 13.8 Å². The van der Waals surface area contributed by atoms with Crippen molar-refractivity contribution in [2.45, 2.75) is 37.3 Å². The molecule has 0 spiro atoms. The van der Waals surface area contributed by atoms with Gasteiger partial charge >= 0.3 is 0 Å². The van der Waals surface area contributed by atoms with E-state index in [1.54, 1.807) is 0 Å². The maximum Gasteiger partial charge on any atom is 0.237 e. The number of rotatable bonds is 6. The van der Waals surface area contributed by atoms with Crippen molar-refractivity contribution in [3.05, 3.63) is 29.3 Å². The highest BCUT2D eigenvalue weighted by atomic mass is 32.2. The van der Waals surface area contributed by atoms with Crippen LogP contribution in [0.25, 0.3) is 0 Å². The van der Waals surface area contributed by atoms with E-state index in [2.05, 4.69) is 20.8 Å². The Bertz CT molecular complexity index is 657. The molecule has 0 fully saturated rings. The Labute approximate surface area is 138 Å². The minimum Gasteiger partial charge on any atom is -0.360 e. The second-order valence-corrected chi connectivity index (χ2v) is 7.54. The van der Waals surface area contributed by atoms with E-state index >= 15 is 0 Å². The zero-order chi connectivity index (χ0) is 16.1. The van der Waals surface area contributed by atoms with Crippen molar-refractivity contribution in [1.29, 1.82) is 0 Å². The van der Waals surface area contributed by atoms with Gasteiger partial charge in [-0.1, -0.05) is 35.2 Å². The number of hydrogen-bond donors (Lipinski definition) is 2. The SMILES string of the molecule is CCNc1nnc(S[C@@H](C)C(=O)Nc2cc(C)ccc2C)s1. The van der Waals surface area contributed by atoms with Gasteiger partial charge in [0.25, 0.3) is 0 Å². The highest BCUT2D eigenvalue weighted by molar-refractivity contribution is 8.02. The van der Waals surface area contributed by atoms with Gasteiger partial charge in [-0.25, -0.2) is 0 Å². The number of anilines is 2. The van der Waals surface area contributed by atoms with E-state index in [0.29, 0.717) is 0 Å². The fraction of sp³-hybridized carbons (Fsp3) is 0.400. The summed E-state index contributed by atoms with van der Waals surface area (Å²) in [5, 5.41) is 14.8. The van der Waals surface area contributed by atoms with Gasteiger partial charge in [-0.05, 0) is 44.9 Å². The van der Waals surface area contributed by atoms with Crippen LogP contribution >= 0.6 is 23.1 Å². The molecule has 5 nitrogen and oxygen atoms in total. The van der Waals surface area contributed by atoms with E-state index in [9.17, 15) is 4.79 Å². The number of aromatic nitrogens is 2. The Morgan fingerprint density at radius 3 is 2.86 bits per heavy atom. The molecule has 2 N–H and O–H groups in total. The van der Waals surface area contributed by atoms with Gasteiger partial charge in [0.2, 0.25) is 11.0 Å². The molecular weight excluding hydrogens is 316 g/mol. The number of benzene rings is 1. The van der Waals surface area contributed by atoms with Crippen molar-refractivity contribution in [1.82, 2.24) is 10.2 Å². The molecule has 0 unspecified atom stereocenters. The largest absolute Gasteiger partial charge is 0.360 e. The summed E-state index contributed by atoms with van der Waals surface area (Å²) in [6.07, 6.45) is 0. The van der Waals surface area contributed by atoms with Crippen molar-refractivity contribution < 1.29 is 4.79 Å². The van der Waals surface area contributed by atoms with Gasteiger partial charge in [-0.2, -0.15) is 0 Å². The first-order valence-electron chi connectivity index (χ1n) is 7.11. The summed E-state index contributed by atoms with van der Waals surface area (Å²) in [4.78, 5) is 12.3. The molecule has 2 rings (SSSR count). The molecule has 0 radical (unpaired) electrons. The maximum absolute atomic E-state index is 12.3. The van der Waals surface area contributed by atoms with Crippen molar-refractivity contribution in [3.63, 3.8) is 0 Å². The van der Waals surface area contributed by atoms with Crippen molar-refractivity contribution >= 4 is 39.8 Å². The van der Waals surface area contributed by atoms with E-state index in [-0.39, 0.29) is 11.2 Å². The molecule has 1 amide bonds. The minimum atomic E-state index is -0.234. The fourth-order valence-electron chi connectivity index (χ4n) is 1.79. The molecule has 1 heterocycles. The van der Waals surface area contributed by atoms with Gasteiger partial charge in [-0.15, -0.1) is 10.2 Å². The number of thioether (sulfide) groups is 1. The van der Waals surface area contributed by atoms with Crippen LogP contribution < -0.4 is 10.6 Å². The Balaban J connectivity index is 1.98. The van der Waals surface area contributed by atoms with Crippen LogP contribution in [0.2, 0.25) is 0 Å². The number of carbonyl (C=O) groups is 1. The molecule has 2 aromatic rings. The predicted molar refractivity (Wildman–Crippen MR) is 93.9 cm³/mol. The lowest BCUT2D eigenvalue weighted by molar-refractivity contribution is -0.115. The number of nitrogens with zero attached hydrogens (tertiary/aromatic N) is 2. The zero-order valence-corrected chi connectivity index (χ0v) is 14.8. The topological polar surface area (TPSA) is 66.9 Å². The average molecular weight is 336 g/mol. The van der Waals surface area contributed by atoms with Gasteiger partial charge in [0, 0.05) is 12.2 Å². The molecule has 0 bridgehead atoms. The third-order valence-electron chi connectivity index (χ3n) is 3.03. The van der Waals surface area contributed by atoms with Crippen molar-refractivity contribution in [3.8, 4) is 0 Å². The molecule has 0 aliphatic carbocycles. The molecule has 7 heteroatoms. The molecule has 0 saturated carbocycles. The van der Waals surface area contributed by atoms with Crippen LogP contribution in [0.1, 0.15) is 25.0 Å². The second-order valence-electron chi connectivity index (χ2n) is 4.97. The summed E-state index contributed by atoms with van der Waals surface area (Å²) in [6, 6.07) is 6.03. The Morgan fingerprint density at radius 1 is 1.36 bits per heavy atom. The van der Waals surface area contributed by atoms with Crippen LogP contribution in [0.4, 0.5) is 10.8 Å². The lowest BCUT2D eigenvalue weighted by atomic mass is 10.1. The van der Waals surface area contributed by atoms with Gasteiger partial charge in [-0.3, -0.25) is 4.79 Å². The number of amides is 1. The fourth-order valence-corrected chi connectivity index (χ4v) is 3.75. The highest BCUT2D eigenvalue weighted by Crippen LogP contribution is 2.29. The van der Waals surface area contributed by atoms with Crippen LogP contribution in [-0.4, -0.2) is 27.9 Å². The molecule has 118 valence electrons. The Kier molecular flexibility index (Phi) is 5.79. The van der Waals surface area contributed by atoms with Gasteiger partial charge < -0.3 is 10.6 Å². The molecule has 0 aliphatic heterocycles. The van der Waals surface area contributed by atoms with E-state index in [4.69, 9.17) is 0 Å². The molecule has 0 saturated heterocycles. The summed E-state index contributed by atoms with van der Waals surface area (Å²) in [5.74, 6) is -0.0288. The van der Waals surface area contributed by atoms with Crippen LogP contribution in [-0.2, 0) is 4.79 Å². The minimum absolute atomic E-state index is 0.0288. The number of aryl methyl sites for hydroxylation is 2. The first kappa shape index (κ1) is 16.8. The van der Waals surface area contributed by atoms with E-state index in [0.717, 1.165) is 32.8 Å². The average Bonchev–Trinajstić information content (AvgIpc) is 2.90. The number of nitrogens with one attached hydrogen (secondary N) is 2. The van der Waals surface area contributed by atoms with Gasteiger partial charge in [0.15, 0.2) is 4.34 Å². The molecule has 1 aromatic carbocycles. The third kappa shape index (κ3) is 4.45. The maximum atomic E-state index is 12.3. The van der Waals surface area contributed by atoms with Crippen LogP contribution in [0.3, 0.4) is 0 Å². The molecule has 22 heavy (non-hydrogen) atoms.